The van der Waals surface area contributed by atoms with Gasteiger partial charge in [-0.25, -0.2) is 0 Å². The lowest BCUT2D eigenvalue weighted by molar-refractivity contribution is 0.00578. The van der Waals surface area contributed by atoms with Gasteiger partial charge in [0.2, 0.25) is 0 Å². The zero-order valence-corrected chi connectivity index (χ0v) is 18.9. The minimum absolute atomic E-state index is 0.331. The van der Waals surface area contributed by atoms with E-state index in [0.29, 0.717) is 0 Å². The van der Waals surface area contributed by atoms with Crippen LogP contribution in [0.3, 0.4) is 0 Å². The Bertz CT molecular complexity index is 1080. The molecule has 1 saturated heterocycles. The fourth-order valence-corrected chi connectivity index (χ4v) is 4.43. The predicted octanol–water partition coefficient (Wildman–Crippen LogP) is -2.16. The predicted molar refractivity (Wildman–Crippen MR) is 138 cm³/mol. The highest BCUT2D eigenvalue weighted by Gasteiger charge is 2.52. The Hall–Kier alpha value is -1.84. The second kappa shape index (κ2) is 6.85. The molecule has 0 saturated carbocycles. The highest BCUT2D eigenvalue weighted by atomic mass is 16.7. The quantitative estimate of drug-likeness (QED) is 0.474. The van der Waals surface area contributed by atoms with Crippen LogP contribution in [0, 0.1) is 0 Å². The summed E-state index contributed by atoms with van der Waals surface area (Å²) in [4.78, 5) is 0. The molecule has 4 rings (SSSR count). The van der Waals surface area contributed by atoms with Crippen LogP contribution in [0.5, 0.6) is 0 Å². The van der Waals surface area contributed by atoms with Crippen molar-refractivity contribution in [3.05, 3.63) is 42.5 Å². The molecule has 0 atom stereocenters. The van der Waals surface area contributed by atoms with Crippen LogP contribution < -0.4 is 27.3 Å². The molecule has 3 aromatic rings. The zero-order valence-electron chi connectivity index (χ0n) is 18.9. The fraction of sp³-hybridized carbons (Fsp3) is 0.273. The van der Waals surface area contributed by atoms with Crippen molar-refractivity contribution in [2.45, 2.75) is 38.9 Å². The van der Waals surface area contributed by atoms with Crippen molar-refractivity contribution in [2.24, 2.45) is 0 Å². The Kier molecular flexibility index (Phi) is 4.83. The van der Waals surface area contributed by atoms with Crippen LogP contribution in [0.1, 0.15) is 27.7 Å². The fourth-order valence-electron chi connectivity index (χ4n) is 4.43. The van der Waals surface area contributed by atoms with Gasteiger partial charge >= 0.3 is 7.12 Å². The molecule has 0 amide bonds. The summed E-state index contributed by atoms with van der Waals surface area (Å²) in [6.07, 6.45) is 0. The van der Waals surface area contributed by atoms with Crippen molar-refractivity contribution >= 4 is 76.6 Å². The van der Waals surface area contributed by atoms with Crippen molar-refractivity contribution in [1.82, 2.24) is 0 Å². The van der Waals surface area contributed by atoms with Crippen LogP contribution in [-0.2, 0) is 9.31 Å². The second-order valence-electron chi connectivity index (χ2n) is 9.44. The summed E-state index contributed by atoms with van der Waals surface area (Å²) < 4.78 is 12.8. The van der Waals surface area contributed by atoms with Gasteiger partial charge in [0.05, 0.1) is 11.2 Å². The molecule has 0 radical (unpaired) electrons. The Morgan fingerprint density at radius 3 is 1.76 bits per heavy atom. The lowest BCUT2D eigenvalue weighted by Gasteiger charge is -2.32. The zero-order chi connectivity index (χ0) is 21.1. The third-order valence-electron chi connectivity index (χ3n) is 7.21. The van der Waals surface area contributed by atoms with Gasteiger partial charge in [-0.15, -0.1) is 0 Å². The smallest absolute Gasteiger partial charge is 0.399 e. The average molecular weight is 378 g/mol. The number of fused-ring (bicyclic) bond motifs is 1. The molecule has 7 heteroatoms. The van der Waals surface area contributed by atoms with E-state index in [2.05, 4.69) is 102 Å². The molecule has 142 valence electrons. The number of hydrogen-bond acceptors (Lipinski definition) is 2. The molecule has 29 heavy (non-hydrogen) atoms. The van der Waals surface area contributed by atoms with Gasteiger partial charge in [0.15, 0.2) is 0 Å². The summed E-state index contributed by atoms with van der Waals surface area (Å²) in [5.41, 5.74) is 8.22. The second-order valence-corrected chi connectivity index (χ2v) is 9.44. The van der Waals surface area contributed by atoms with Gasteiger partial charge in [-0.2, -0.15) is 0 Å². The molecule has 1 aliphatic rings. The Morgan fingerprint density at radius 1 is 0.690 bits per heavy atom. The van der Waals surface area contributed by atoms with E-state index < -0.39 is 0 Å². The van der Waals surface area contributed by atoms with E-state index in [-0.39, 0.29) is 18.3 Å². The highest BCUT2D eigenvalue weighted by Crippen LogP contribution is 2.36. The lowest BCUT2D eigenvalue weighted by Crippen LogP contribution is -2.62. The van der Waals surface area contributed by atoms with Gasteiger partial charge in [-0.05, 0) is 61.1 Å². The summed E-state index contributed by atoms with van der Waals surface area (Å²) in [6.45, 7) is 8.45. The molecular formula is C22H27B5O2. The first-order valence-electron chi connectivity index (χ1n) is 10.5. The molecule has 0 aromatic heterocycles. The summed E-state index contributed by atoms with van der Waals surface area (Å²) in [5.74, 6) is 0. The van der Waals surface area contributed by atoms with Crippen LogP contribution in [0.4, 0.5) is 0 Å². The van der Waals surface area contributed by atoms with E-state index in [0.717, 1.165) is 0 Å². The monoisotopic (exact) mass is 378 g/mol. The molecule has 0 spiro atoms. The van der Waals surface area contributed by atoms with Crippen LogP contribution in [0.25, 0.3) is 21.9 Å². The topological polar surface area (TPSA) is 18.5 Å². The minimum atomic E-state index is -0.338. The molecule has 1 heterocycles. The summed E-state index contributed by atoms with van der Waals surface area (Å²) >= 11 is 0. The first-order valence-corrected chi connectivity index (χ1v) is 10.5. The SMILES string of the molecule is Bc1c(B)c(-c2ccc3ccccc3c2)c(B)c(B)c1B1OC(C)(C)C(C)(C)O1. The maximum atomic E-state index is 6.40. The van der Waals surface area contributed by atoms with E-state index in [1.807, 2.05) is 0 Å². The number of benzene rings is 3. The molecule has 0 N–H and O–H groups in total. The van der Waals surface area contributed by atoms with E-state index in [9.17, 15) is 0 Å². The molecule has 1 aliphatic heterocycles. The molecule has 0 unspecified atom stereocenters. The van der Waals surface area contributed by atoms with Crippen LogP contribution >= 0.6 is 0 Å². The molecule has 0 aliphatic carbocycles. The third-order valence-corrected chi connectivity index (χ3v) is 7.21. The van der Waals surface area contributed by atoms with E-state index in [4.69, 9.17) is 9.31 Å². The molecule has 0 bridgehead atoms. The van der Waals surface area contributed by atoms with Crippen molar-refractivity contribution in [3.8, 4) is 11.1 Å². The van der Waals surface area contributed by atoms with E-state index >= 15 is 0 Å². The van der Waals surface area contributed by atoms with Gasteiger partial charge in [0.1, 0.15) is 31.4 Å². The van der Waals surface area contributed by atoms with Gasteiger partial charge in [-0.3, -0.25) is 0 Å². The van der Waals surface area contributed by atoms with Gasteiger partial charge in [-0.1, -0.05) is 58.2 Å². The first kappa shape index (κ1) is 20.4. The van der Waals surface area contributed by atoms with Crippen LogP contribution in [0.2, 0.25) is 0 Å². The summed E-state index contributed by atoms with van der Waals surface area (Å²) in [6, 6.07) is 15.3. The van der Waals surface area contributed by atoms with E-state index in [1.165, 1.54) is 49.2 Å². The lowest BCUT2D eigenvalue weighted by atomic mass is 9.56. The summed E-state index contributed by atoms with van der Waals surface area (Å²) in [5, 5.41) is 2.54. The van der Waals surface area contributed by atoms with E-state index in [1.54, 1.807) is 0 Å². The highest BCUT2D eigenvalue weighted by molar-refractivity contribution is 6.77. The van der Waals surface area contributed by atoms with Crippen LogP contribution in [0.15, 0.2) is 42.5 Å². The number of rotatable bonds is 2. The Labute approximate surface area is 178 Å². The number of hydrogen-bond donors (Lipinski definition) is 0. The standard InChI is InChI=1S/C22H27B5O2/c1-21(2)22(3,4)29-27(28-21)20-18(25)16(23)15(17(24)19(20)26)14-10-9-12-7-5-6-8-13(12)11-14/h5-11H,23-26H2,1-4H3. The van der Waals surface area contributed by atoms with Gasteiger partial charge in [0.25, 0.3) is 0 Å². The maximum Gasteiger partial charge on any atom is 0.493 e. The van der Waals surface area contributed by atoms with Crippen LogP contribution in [-0.4, -0.2) is 49.7 Å². The molecule has 1 fully saturated rings. The van der Waals surface area contributed by atoms with Gasteiger partial charge in [0, 0.05) is 0 Å². The molecule has 2 nitrogen and oxygen atoms in total. The Balaban J connectivity index is 1.87. The molecular weight excluding hydrogens is 350 g/mol. The van der Waals surface area contributed by atoms with Gasteiger partial charge < -0.3 is 9.31 Å². The third kappa shape index (κ3) is 3.19. The molecule has 3 aromatic carbocycles. The Morgan fingerprint density at radius 2 is 1.21 bits per heavy atom. The summed E-state index contributed by atoms with van der Waals surface area (Å²) in [7, 11) is 8.52. The normalized spacial score (nSPS) is 17.7. The average Bonchev–Trinajstić information content (AvgIpc) is 2.87. The van der Waals surface area contributed by atoms with Crippen molar-refractivity contribution in [3.63, 3.8) is 0 Å². The van der Waals surface area contributed by atoms with Crippen molar-refractivity contribution in [1.29, 1.82) is 0 Å². The minimum Gasteiger partial charge on any atom is -0.399 e. The van der Waals surface area contributed by atoms with Crippen molar-refractivity contribution in [2.75, 3.05) is 0 Å². The largest absolute Gasteiger partial charge is 0.493 e. The van der Waals surface area contributed by atoms with Crippen molar-refractivity contribution < 1.29 is 9.31 Å². The first-order chi connectivity index (χ1) is 13.5. The maximum absolute atomic E-state index is 6.40.